The number of aromatic nitrogens is 3. The first-order valence-corrected chi connectivity index (χ1v) is 4.12. The normalized spacial score (nSPS) is 11.9. The van der Waals surface area contributed by atoms with Crippen LogP contribution in [0.5, 0.6) is 0 Å². The van der Waals surface area contributed by atoms with Crippen molar-refractivity contribution in [3.8, 4) is 0 Å². The number of halogens is 3. The number of hydrogen-bond acceptors (Lipinski definition) is 4. The molecule has 2 N–H and O–H groups in total. The van der Waals surface area contributed by atoms with E-state index < -0.39 is 11.7 Å². The van der Waals surface area contributed by atoms with E-state index in [1.807, 2.05) is 0 Å². The van der Waals surface area contributed by atoms with Gasteiger partial charge in [-0.25, -0.2) is 4.98 Å². The number of nitrogens with zero attached hydrogens (tertiary/aromatic N) is 3. The Kier molecular flexibility index (Phi) is 2.07. The molecule has 0 saturated carbocycles. The summed E-state index contributed by atoms with van der Waals surface area (Å²) < 4.78 is 37.1. The van der Waals surface area contributed by atoms with E-state index in [0.717, 1.165) is 18.2 Å². The van der Waals surface area contributed by atoms with Gasteiger partial charge in [0.15, 0.2) is 0 Å². The van der Waals surface area contributed by atoms with Crippen LogP contribution in [0.4, 0.5) is 19.1 Å². The zero-order valence-corrected chi connectivity index (χ0v) is 7.69. The second-order valence-corrected chi connectivity index (χ2v) is 3.04. The quantitative estimate of drug-likeness (QED) is 0.537. The van der Waals surface area contributed by atoms with Crippen LogP contribution in [0.25, 0.3) is 11.0 Å². The Balaban J connectivity index is 2.71. The molecule has 1 aromatic carbocycles. The highest BCUT2D eigenvalue weighted by Gasteiger charge is 2.31. The van der Waals surface area contributed by atoms with Gasteiger partial charge in [-0.3, -0.25) is 0 Å². The Morgan fingerprint density at radius 3 is 2.62 bits per heavy atom. The molecule has 0 saturated heterocycles. The molecule has 0 bridgehead atoms. The second kappa shape index (κ2) is 3.19. The molecular formula is C8H5F3N4O. The fourth-order valence-electron chi connectivity index (χ4n) is 1.24. The maximum atomic E-state index is 12.4. The topological polar surface area (TPSA) is 78.7 Å². The van der Waals surface area contributed by atoms with Gasteiger partial charge in [0.25, 0.3) is 11.5 Å². The highest BCUT2D eigenvalue weighted by molar-refractivity contribution is 5.72. The van der Waals surface area contributed by atoms with Crippen molar-refractivity contribution in [2.24, 2.45) is 0 Å². The molecule has 0 unspecified atom stereocenters. The van der Waals surface area contributed by atoms with Gasteiger partial charge in [-0.15, -0.1) is 0 Å². The van der Waals surface area contributed by atoms with E-state index in [1.54, 1.807) is 0 Å². The van der Waals surface area contributed by atoms with Crippen molar-refractivity contribution in [1.82, 2.24) is 10.1 Å². The summed E-state index contributed by atoms with van der Waals surface area (Å²) in [6.45, 7) is 0. The lowest BCUT2D eigenvalue weighted by molar-refractivity contribution is -0.641. The third kappa shape index (κ3) is 1.69. The van der Waals surface area contributed by atoms with Gasteiger partial charge in [0.2, 0.25) is 0 Å². The van der Waals surface area contributed by atoms with Gasteiger partial charge in [-0.2, -0.15) is 13.2 Å². The predicted molar refractivity (Wildman–Crippen MR) is 47.9 cm³/mol. The van der Waals surface area contributed by atoms with E-state index in [0.29, 0.717) is 0 Å². The van der Waals surface area contributed by atoms with Gasteiger partial charge in [-0.05, 0) is 17.0 Å². The minimum absolute atomic E-state index is 0.0674. The number of hydrogen-bond donors (Lipinski definition) is 1. The summed E-state index contributed by atoms with van der Waals surface area (Å²) in [7, 11) is 0. The lowest BCUT2D eigenvalue weighted by Gasteiger charge is -2.06. The van der Waals surface area contributed by atoms with E-state index >= 15 is 0 Å². The molecule has 2 rings (SSSR count). The van der Waals surface area contributed by atoms with Crippen molar-refractivity contribution in [2.45, 2.75) is 6.18 Å². The molecule has 0 spiro atoms. The van der Waals surface area contributed by atoms with Gasteiger partial charge in [-0.1, -0.05) is 0 Å². The SMILES string of the molecule is Nc1nc2cc(C(F)(F)F)ccc2[n+]([O-])n1. The van der Waals surface area contributed by atoms with E-state index in [4.69, 9.17) is 5.73 Å². The second-order valence-electron chi connectivity index (χ2n) is 3.04. The molecule has 0 aliphatic heterocycles. The zero-order valence-electron chi connectivity index (χ0n) is 7.69. The molecule has 8 heteroatoms. The Bertz CT molecular complexity index is 555. The van der Waals surface area contributed by atoms with Gasteiger partial charge < -0.3 is 10.9 Å². The number of anilines is 1. The summed E-state index contributed by atoms with van der Waals surface area (Å²) in [6.07, 6.45) is -4.48. The average molecular weight is 230 g/mol. The maximum Gasteiger partial charge on any atom is 0.416 e. The average Bonchev–Trinajstić information content (AvgIpc) is 2.15. The Morgan fingerprint density at radius 1 is 1.31 bits per heavy atom. The number of nitrogens with two attached hydrogens (primary N) is 1. The minimum Gasteiger partial charge on any atom is -0.594 e. The third-order valence-electron chi connectivity index (χ3n) is 1.94. The van der Waals surface area contributed by atoms with Crippen LogP contribution < -0.4 is 10.6 Å². The summed E-state index contributed by atoms with van der Waals surface area (Å²) >= 11 is 0. The lowest BCUT2D eigenvalue weighted by Crippen LogP contribution is -2.33. The molecule has 0 aliphatic carbocycles. The van der Waals surface area contributed by atoms with Crippen LogP contribution in [0, 0.1) is 5.21 Å². The fraction of sp³-hybridized carbons (Fsp3) is 0.125. The van der Waals surface area contributed by atoms with Crippen molar-refractivity contribution < 1.29 is 18.0 Å². The van der Waals surface area contributed by atoms with Crippen molar-refractivity contribution in [3.63, 3.8) is 0 Å². The zero-order chi connectivity index (χ0) is 11.9. The lowest BCUT2D eigenvalue weighted by atomic mass is 10.2. The first-order valence-electron chi connectivity index (χ1n) is 4.12. The molecular weight excluding hydrogens is 225 g/mol. The van der Waals surface area contributed by atoms with Gasteiger partial charge >= 0.3 is 6.18 Å². The van der Waals surface area contributed by atoms with Gasteiger partial charge in [0, 0.05) is 6.07 Å². The third-order valence-corrected chi connectivity index (χ3v) is 1.94. The Hall–Kier alpha value is -2.12. The first-order chi connectivity index (χ1) is 7.38. The summed E-state index contributed by atoms with van der Waals surface area (Å²) in [6, 6.07) is 2.54. The largest absolute Gasteiger partial charge is 0.594 e. The minimum atomic E-state index is -4.48. The number of alkyl halides is 3. The van der Waals surface area contributed by atoms with E-state index in [9.17, 15) is 18.4 Å². The van der Waals surface area contributed by atoms with Crippen molar-refractivity contribution in [3.05, 3.63) is 29.0 Å². The summed E-state index contributed by atoms with van der Waals surface area (Å²) in [5.74, 6) is -0.373. The van der Waals surface area contributed by atoms with Crippen LogP contribution in [0.15, 0.2) is 18.2 Å². The number of rotatable bonds is 0. The van der Waals surface area contributed by atoms with Gasteiger partial charge in [0.05, 0.1) is 10.7 Å². The molecule has 1 heterocycles. The molecule has 84 valence electrons. The van der Waals surface area contributed by atoms with E-state index in [2.05, 4.69) is 10.1 Å². The molecule has 2 aromatic rings. The van der Waals surface area contributed by atoms with Crippen LogP contribution in [-0.2, 0) is 6.18 Å². The molecule has 0 radical (unpaired) electrons. The monoisotopic (exact) mass is 230 g/mol. The molecule has 0 aliphatic rings. The number of nitrogen functional groups attached to an aromatic ring is 1. The van der Waals surface area contributed by atoms with Crippen LogP contribution in [0.1, 0.15) is 5.56 Å². The van der Waals surface area contributed by atoms with Crippen LogP contribution in [0.2, 0.25) is 0 Å². The first kappa shape index (κ1) is 10.4. The predicted octanol–water partition coefficient (Wildman–Crippen LogP) is 0.864. The van der Waals surface area contributed by atoms with Crippen LogP contribution >= 0.6 is 0 Å². The van der Waals surface area contributed by atoms with Crippen molar-refractivity contribution >= 4 is 17.0 Å². The summed E-state index contributed by atoms with van der Waals surface area (Å²) in [5, 5.41) is 14.4. The van der Waals surface area contributed by atoms with E-state index in [-0.39, 0.29) is 21.8 Å². The van der Waals surface area contributed by atoms with Crippen LogP contribution in [-0.4, -0.2) is 10.1 Å². The van der Waals surface area contributed by atoms with Crippen LogP contribution in [0.3, 0.4) is 0 Å². The molecule has 1 aromatic heterocycles. The fourth-order valence-corrected chi connectivity index (χ4v) is 1.24. The smallest absolute Gasteiger partial charge is 0.416 e. The summed E-state index contributed by atoms with van der Waals surface area (Å²) in [4.78, 5) is 3.69. The molecule has 5 nitrogen and oxygen atoms in total. The Labute approximate surface area is 86.9 Å². The highest BCUT2D eigenvalue weighted by Crippen LogP contribution is 2.30. The molecule has 16 heavy (non-hydrogen) atoms. The molecule has 0 amide bonds. The molecule has 0 fully saturated rings. The van der Waals surface area contributed by atoms with Gasteiger partial charge in [0.1, 0.15) is 5.52 Å². The number of fused-ring (bicyclic) bond motifs is 1. The Morgan fingerprint density at radius 2 is 2.00 bits per heavy atom. The molecule has 0 atom stereocenters. The number of benzene rings is 1. The standard InChI is InChI=1S/C8H5F3N4O/c9-8(10,11)4-1-2-6-5(3-4)13-7(12)14-15(6)16/h1-3H,(H2,12,13,14). The maximum absolute atomic E-state index is 12.4. The highest BCUT2D eigenvalue weighted by atomic mass is 19.4. The van der Waals surface area contributed by atoms with Crippen molar-refractivity contribution in [1.29, 1.82) is 0 Å². The van der Waals surface area contributed by atoms with E-state index in [1.165, 1.54) is 0 Å². The van der Waals surface area contributed by atoms with Crippen molar-refractivity contribution in [2.75, 3.05) is 5.73 Å². The summed E-state index contributed by atoms with van der Waals surface area (Å²) in [5.41, 5.74) is 4.06.